The minimum absolute atomic E-state index is 0.321. The maximum absolute atomic E-state index is 13.4. The van der Waals surface area contributed by atoms with Crippen LogP contribution in [-0.4, -0.2) is 106 Å². The van der Waals surface area contributed by atoms with Gasteiger partial charge in [-0.3, -0.25) is 4.90 Å². The van der Waals surface area contributed by atoms with Crippen LogP contribution in [0.5, 0.6) is 17.2 Å². The van der Waals surface area contributed by atoms with Crippen LogP contribution in [0.1, 0.15) is 24.8 Å². The van der Waals surface area contributed by atoms with E-state index < -0.39 is 7.14 Å². The van der Waals surface area contributed by atoms with Gasteiger partial charge < -0.3 is 39.2 Å². The third kappa shape index (κ3) is 6.88. The van der Waals surface area contributed by atoms with Crippen LogP contribution < -0.4 is 35.0 Å². The molecule has 3 aliphatic rings. The molecule has 3 aliphatic heterocycles. The number of piperidine rings is 1. The van der Waals surface area contributed by atoms with Gasteiger partial charge in [0.25, 0.3) is 0 Å². The minimum atomic E-state index is -2.78. The van der Waals surface area contributed by atoms with Crippen LogP contribution in [0.25, 0.3) is 0 Å². The van der Waals surface area contributed by atoms with E-state index in [-0.39, 0.29) is 0 Å². The average molecular weight is 670 g/mol. The topological polar surface area (TPSA) is 104 Å². The Balaban J connectivity index is 1.18. The number of likely N-dealkylation sites (N-methyl/N-ethyl adjacent to an activating group) is 1. The normalized spacial score (nSPS) is 19.0. The molecule has 46 heavy (non-hydrogen) atoms. The number of ether oxygens (including phenoxy) is 3. The van der Waals surface area contributed by atoms with Crippen LogP contribution in [0.2, 0.25) is 5.02 Å². The molecule has 248 valence electrons. The van der Waals surface area contributed by atoms with Gasteiger partial charge in [0.15, 0.2) is 17.3 Å². The fourth-order valence-corrected chi connectivity index (χ4v) is 8.29. The maximum Gasteiger partial charge on any atom is 0.229 e. The molecule has 2 fully saturated rings. The lowest BCUT2D eigenvalue weighted by Gasteiger charge is -2.38. The molecule has 6 rings (SSSR count). The van der Waals surface area contributed by atoms with Crippen molar-refractivity contribution in [2.24, 2.45) is 0 Å². The number of nitrogens with one attached hydrogen (secondary N) is 2. The van der Waals surface area contributed by atoms with Crippen LogP contribution in [0.3, 0.4) is 0 Å². The molecule has 1 atom stereocenters. The second kappa shape index (κ2) is 13.5. The van der Waals surface area contributed by atoms with Crippen LogP contribution in [0.15, 0.2) is 30.5 Å². The zero-order valence-corrected chi connectivity index (χ0v) is 29.3. The first-order valence-corrected chi connectivity index (χ1v) is 18.9. The lowest BCUT2D eigenvalue weighted by molar-refractivity contribution is 0.173. The summed E-state index contributed by atoms with van der Waals surface area (Å²) in [5.41, 5.74) is 3.67. The van der Waals surface area contributed by atoms with Crippen LogP contribution in [0, 0.1) is 6.92 Å². The maximum atomic E-state index is 13.4. The largest absolute Gasteiger partial charge is 0.494 e. The fraction of sp³-hybridized carbons (Fsp3) is 0.515. The fourth-order valence-electron chi connectivity index (χ4n) is 6.78. The van der Waals surface area contributed by atoms with Gasteiger partial charge in [-0.05, 0) is 77.4 Å². The molecule has 2 N–H and O–H groups in total. The minimum Gasteiger partial charge on any atom is -0.494 e. The molecule has 11 nitrogen and oxygen atoms in total. The molecule has 0 radical (unpaired) electrons. The molecule has 2 aromatic carbocycles. The molecule has 0 unspecified atom stereocenters. The monoisotopic (exact) mass is 669 g/mol. The first-order valence-electron chi connectivity index (χ1n) is 15.9. The van der Waals surface area contributed by atoms with Gasteiger partial charge in [-0.15, -0.1) is 0 Å². The summed E-state index contributed by atoms with van der Waals surface area (Å²) in [7, 11) is 3.28. The number of hydrogen-bond acceptors (Lipinski definition) is 11. The second-order valence-electron chi connectivity index (χ2n) is 12.9. The molecule has 3 aromatic rings. The summed E-state index contributed by atoms with van der Waals surface area (Å²) in [4.78, 5) is 16.6. The van der Waals surface area contributed by atoms with E-state index >= 15 is 0 Å². The average Bonchev–Trinajstić information content (AvgIpc) is 3.53. The van der Waals surface area contributed by atoms with Gasteiger partial charge in [0, 0.05) is 50.0 Å². The summed E-state index contributed by atoms with van der Waals surface area (Å²) in [5.74, 6) is 2.49. The van der Waals surface area contributed by atoms with Crippen molar-refractivity contribution < 1.29 is 18.8 Å². The van der Waals surface area contributed by atoms with Crippen LogP contribution in [-0.2, 0) is 4.57 Å². The van der Waals surface area contributed by atoms with Crippen molar-refractivity contribution in [2.45, 2.75) is 38.3 Å². The lowest BCUT2D eigenvalue weighted by atomic mass is 10.0. The van der Waals surface area contributed by atoms with Crippen LogP contribution >= 0.6 is 18.7 Å². The molecule has 0 amide bonds. The third-order valence-corrected chi connectivity index (χ3v) is 11.0. The number of rotatable bonds is 9. The Morgan fingerprint density at radius 3 is 2.50 bits per heavy atom. The quantitative estimate of drug-likeness (QED) is 0.280. The molecule has 2 saturated heterocycles. The Morgan fingerprint density at radius 1 is 1.04 bits per heavy atom. The van der Waals surface area contributed by atoms with Gasteiger partial charge in [-0.1, -0.05) is 11.6 Å². The first kappa shape index (κ1) is 32.7. The predicted molar refractivity (Wildman–Crippen MR) is 187 cm³/mol. The van der Waals surface area contributed by atoms with E-state index in [1.165, 1.54) is 31.4 Å². The van der Waals surface area contributed by atoms with Gasteiger partial charge in [0.05, 0.1) is 30.0 Å². The van der Waals surface area contributed by atoms with E-state index in [0.717, 1.165) is 37.2 Å². The SMILES string of the molecule is COc1cc(N2CCC(N3CC[C@@H](N(C)C)C3)CC2)c(C)cc1Nc1ncc(Cl)c(Nc2ccc3c(c2P(C)(C)=O)OCCO3)n1. The van der Waals surface area contributed by atoms with Gasteiger partial charge >= 0.3 is 0 Å². The zero-order valence-electron chi connectivity index (χ0n) is 27.6. The summed E-state index contributed by atoms with van der Waals surface area (Å²) >= 11 is 6.55. The molecule has 4 heterocycles. The van der Waals surface area contributed by atoms with Crippen molar-refractivity contribution in [3.05, 3.63) is 41.0 Å². The molecule has 1 aromatic heterocycles. The Labute approximate surface area is 276 Å². The first-order chi connectivity index (χ1) is 22.0. The number of methoxy groups -OCH3 is 1. The smallest absolute Gasteiger partial charge is 0.229 e. The Hall–Kier alpha value is -3.24. The van der Waals surface area contributed by atoms with Crippen molar-refractivity contribution in [2.75, 3.05) is 89.5 Å². The van der Waals surface area contributed by atoms with E-state index in [0.29, 0.717) is 70.3 Å². The molecule has 0 saturated carbocycles. The Morgan fingerprint density at radius 2 is 1.80 bits per heavy atom. The number of aromatic nitrogens is 2. The number of halogens is 1. The highest BCUT2D eigenvalue weighted by Gasteiger charge is 2.32. The summed E-state index contributed by atoms with van der Waals surface area (Å²) in [6.45, 7) is 10.8. The lowest BCUT2D eigenvalue weighted by Crippen LogP contribution is -2.45. The van der Waals surface area contributed by atoms with Crippen molar-refractivity contribution in [1.82, 2.24) is 19.8 Å². The van der Waals surface area contributed by atoms with E-state index in [4.69, 9.17) is 25.8 Å². The predicted octanol–water partition coefficient (Wildman–Crippen LogP) is 5.56. The van der Waals surface area contributed by atoms with Crippen molar-refractivity contribution >= 4 is 52.9 Å². The number of benzene rings is 2. The summed E-state index contributed by atoms with van der Waals surface area (Å²) < 4.78 is 30.8. The number of hydrogen-bond donors (Lipinski definition) is 2. The van der Waals surface area contributed by atoms with Gasteiger partial charge in [0.2, 0.25) is 5.95 Å². The standard InChI is InChI=1S/C33H45ClN7O4P/c1-21-17-26(29(43-4)18-27(21)40-12-9-22(10-13-40)41-14-11-23(20-41)39(2)3)37-33-35-19-24(34)32(38-33)36-25-7-8-28-30(45-16-15-44-28)31(25)46(5,6)42/h7-8,17-19,22-23H,9-16,20H2,1-6H3,(H2,35,36,37,38)/t23-/m1/s1. The van der Waals surface area contributed by atoms with E-state index in [9.17, 15) is 4.57 Å². The van der Waals surface area contributed by atoms with Gasteiger partial charge in [-0.2, -0.15) is 4.98 Å². The highest BCUT2D eigenvalue weighted by molar-refractivity contribution is 7.70. The zero-order chi connectivity index (χ0) is 32.6. The summed E-state index contributed by atoms with van der Waals surface area (Å²) in [5, 5.41) is 7.48. The van der Waals surface area contributed by atoms with E-state index in [2.05, 4.69) is 68.5 Å². The number of fused-ring (bicyclic) bond motifs is 1. The molecule has 13 heteroatoms. The molecule has 0 spiro atoms. The molecule has 0 bridgehead atoms. The number of aryl methyl sites for hydroxylation is 1. The second-order valence-corrected chi connectivity index (χ2v) is 16.5. The van der Waals surface area contributed by atoms with Gasteiger partial charge in [-0.25, -0.2) is 4.98 Å². The highest BCUT2D eigenvalue weighted by Crippen LogP contribution is 2.47. The van der Waals surface area contributed by atoms with Crippen molar-refractivity contribution in [1.29, 1.82) is 0 Å². The Bertz CT molecular complexity index is 1630. The van der Waals surface area contributed by atoms with E-state index in [1.54, 1.807) is 26.5 Å². The van der Waals surface area contributed by atoms with Crippen molar-refractivity contribution in [3.63, 3.8) is 0 Å². The number of anilines is 5. The summed E-state index contributed by atoms with van der Waals surface area (Å²) in [6, 6.07) is 9.11. The van der Waals surface area contributed by atoms with E-state index in [1.807, 2.05) is 6.07 Å². The molecule has 0 aliphatic carbocycles. The highest BCUT2D eigenvalue weighted by atomic mass is 35.5. The van der Waals surface area contributed by atoms with Crippen LogP contribution in [0.4, 0.5) is 28.8 Å². The Kier molecular flexibility index (Phi) is 9.57. The summed E-state index contributed by atoms with van der Waals surface area (Å²) in [6.07, 6.45) is 5.11. The molecular weight excluding hydrogens is 625 g/mol. The van der Waals surface area contributed by atoms with Crippen molar-refractivity contribution in [3.8, 4) is 17.2 Å². The molecular formula is C33H45ClN7O4P. The number of nitrogens with zero attached hydrogens (tertiary/aromatic N) is 5. The third-order valence-electron chi connectivity index (χ3n) is 9.23. The number of likely N-dealkylation sites (tertiary alicyclic amines) is 1. The van der Waals surface area contributed by atoms with Gasteiger partial charge in [0.1, 0.15) is 31.1 Å².